The zero-order valence-corrected chi connectivity index (χ0v) is 18.5. The maximum atomic E-state index is 11.7. The van der Waals surface area contributed by atoms with Crippen LogP contribution in [0.4, 0.5) is 0 Å². The fourth-order valence-electron chi connectivity index (χ4n) is 7.17. The molecule has 0 N–H and O–H groups in total. The van der Waals surface area contributed by atoms with Gasteiger partial charge < -0.3 is 18.9 Å². The molecule has 0 radical (unpaired) electrons. The minimum Gasteiger partial charge on any atom is -0.458 e. The van der Waals surface area contributed by atoms with Gasteiger partial charge in [-0.3, -0.25) is 19.2 Å². The Kier molecular flexibility index (Phi) is 4.94. The monoisotopic (exact) mass is 444 g/mol. The summed E-state index contributed by atoms with van der Waals surface area (Å²) in [6.07, 6.45) is 6.74. The highest BCUT2D eigenvalue weighted by Gasteiger charge is 2.71. The topological polar surface area (TPSA) is 105 Å². The van der Waals surface area contributed by atoms with Gasteiger partial charge in [-0.25, -0.2) is 0 Å². The van der Waals surface area contributed by atoms with E-state index in [1.807, 2.05) is 0 Å². The Balaban J connectivity index is 1.40. The van der Waals surface area contributed by atoms with E-state index in [-0.39, 0.29) is 71.2 Å². The van der Waals surface area contributed by atoms with Crippen molar-refractivity contribution in [1.82, 2.24) is 0 Å². The van der Waals surface area contributed by atoms with E-state index in [1.54, 1.807) is 0 Å². The number of ether oxygens (including phenoxy) is 4. The van der Waals surface area contributed by atoms with Crippen LogP contribution >= 0.6 is 0 Å². The maximum absolute atomic E-state index is 11.7. The highest BCUT2D eigenvalue weighted by Crippen LogP contribution is 2.68. The van der Waals surface area contributed by atoms with Gasteiger partial charge in [0.1, 0.15) is 24.4 Å². The van der Waals surface area contributed by atoms with Crippen LogP contribution < -0.4 is 0 Å². The summed E-state index contributed by atoms with van der Waals surface area (Å²) < 4.78 is 22.2. The second kappa shape index (κ2) is 7.46. The fraction of sp³-hybridized carbons (Fsp3) is 0.667. The number of hydrogen-bond acceptors (Lipinski definition) is 8. The Hall–Kier alpha value is -2.64. The molecule has 3 fully saturated rings. The van der Waals surface area contributed by atoms with Crippen LogP contribution in [-0.2, 0) is 38.1 Å². The quantitative estimate of drug-likeness (QED) is 0.367. The Bertz CT molecular complexity index is 839. The molecule has 8 nitrogen and oxygen atoms in total. The van der Waals surface area contributed by atoms with Crippen LogP contribution in [-0.4, -0.2) is 48.3 Å². The second-order valence-electron chi connectivity index (χ2n) is 9.68. The molecule has 0 bridgehead atoms. The summed E-state index contributed by atoms with van der Waals surface area (Å²) in [5, 5.41) is 0. The molecule has 5 aliphatic carbocycles. The molecule has 32 heavy (non-hydrogen) atoms. The van der Waals surface area contributed by atoms with Gasteiger partial charge in [0.15, 0.2) is 0 Å². The number of fused-ring (bicyclic) bond motifs is 8. The first-order valence-corrected chi connectivity index (χ1v) is 11.2. The molecule has 0 heterocycles. The van der Waals surface area contributed by atoms with Crippen molar-refractivity contribution in [2.45, 2.75) is 52.1 Å². The highest BCUT2D eigenvalue weighted by molar-refractivity contribution is 5.68. The summed E-state index contributed by atoms with van der Waals surface area (Å²) in [7, 11) is 0. The minimum absolute atomic E-state index is 0.0241. The molecule has 0 aliphatic heterocycles. The van der Waals surface area contributed by atoms with Gasteiger partial charge >= 0.3 is 23.9 Å². The Morgan fingerprint density at radius 3 is 1.03 bits per heavy atom. The van der Waals surface area contributed by atoms with Crippen LogP contribution in [0.25, 0.3) is 0 Å². The summed E-state index contributed by atoms with van der Waals surface area (Å²) in [4.78, 5) is 46.6. The maximum Gasteiger partial charge on any atom is 0.303 e. The number of esters is 4. The lowest BCUT2D eigenvalue weighted by atomic mass is 9.37. The van der Waals surface area contributed by atoms with Crippen molar-refractivity contribution in [2.24, 2.45) is 47.3 Å². The van der Waals surface area contributed by atoms with Gasteiger partial charge in [0.2, 0.25) is 0 Å². The molecule has 172 valence electrons. The lowest BCUT2D eigenvalue weighted by Gasteiger charge is -2.69. The first kappa shape index (κ1) is 21.2. The molecule has 0 amide bonds. The summed E-state index contributed by atoms with van der Waals surface area (Å²) in [6.45, 7) is 5.47. The van der Waals surface area contributed by atoms with Crippen LogP contribution in [0.15, 0.2) is 24.3 Å². The molecule has 8 heteroatoms. The second-order valence-corrected chi connectivity index (χ2v) is 9.68. The van der Waals surface area contributed by atoms with Crippen molar-refractivity contribution in [3.63, 3.8) is 0 Å². The molecule has 0 saturated heterocycles. The van der Waals surface area contributed by atoms with Crippen LogP contribution in [0.3, 0.4) is 0 Å². The predicted molar refractivity (Wildman–Crippen MR) is 108 cm³/mol. The number of carbonyl (C=O) groups is 4. The van der Waals surface area contributed by atoms with Crippen molar-refractivity contribution < 1.29 is 38.1 Å². The molecular formula is C24H28O8. The van der Waals surface area contributed by atoms with Gasteiger partial charge in [-0.2, -0.15) is 0 Å². The fourth-order valence-corrected chi connectivity index (χ4v) is 7.17. The van der Waals surface area contributed by atoms with E-state index in [0.29, 0.717) is 0 Å². The largest absolute Gasteiger partial charge is 0.458 e. The minimum atomic E-state index is -0.455. The van der Waals surface area contributed by atoms with Gasteiger partial charge in [-0.05, 0) is 23.7 Å². The number of rotatable bonds is 4. The molecule has 3 saturated carbocycles. The Morgan fingerprint density at radius 1 is 0.438 bits per heavy atom. The van der Waals surface area contributed by atoms with E-state index in [0.717, 1.165) is 0 Å². The van der Waals surface area contributed by atoms with Crippen molar-refractivity contribution in [2.75, 3.05) is 0 Å². The molecule has 5 aliphatic rings. The van der Waals surface area contributed by atoms with Crippen LogP contribution in [0.1, 0.15) is 27.7 Å². The molecule has 0 aromatic heterocycles. The van der Waals surface area contributed by atoms with Gasteiger partial charge in [-0.1, -0.05) is 24.3 Å². The summed E-state index contributed by atoms with van der Waals surface area (Å²) in [6, 6.07) is 0. The Morgan fingerprint density at radius 2 is 0.719 bits per heavy atom. The molecule has 0 aromatic carbocycles. The third kappa shape index (κ3) is 3.02. The Labute approximate surface area is 186 Å². The van der Waals surface area contributed by atoms with E-state index >= 15 is 0 Å². The molecule has 8 unspecified atom stereocenters. The van der Waals surface area contributed by atoms with Gasteiger partial charge in [-0.15, -0.1) is 0 Å². The predicted octanol–water partition coefficient (Wildman–Crippen LogP) is 1.82. The molecule has 5 rings (SSSR count). The van der Waals surface area contributed by atoms with Crippen LogP contribution in [0, 0.1) is 47.3 Å². The molecular weight excluding hydrogens is 416 g/mol. The first-order chi connectivity index (χ1) is 15.2. The van der Waals surface area contributed by atoms with Gasteiger partial charge in [0, 0.05) is 51.4 Å². The molecule has 8 atom stereocenters. The average molecular weight is 444 g/mol. The third-order valence-corrected chi connectivity index (χ3v) is 8.04. The highest BCUT2D eigenvalue weighted by atomic mass is 16.6. The molecule has 0 aromatic rings. The smallest absolute Gasteiger partial charge is 0.303 e. The number of carbonyl (C=O) groups excluding carboxylic acids is 4. The van der Waals surface area contributed by atoms with E-state index in [4.69, 9.17) is 18.9 Å². The third-order valence-electron chi connectivity index (χ3n) is 8.04. The summed E-state index contributed by atoms with van der Waals surface area (Å²) in [5.41, 5.74) is 0. The van der Waals surface area contributed by atoms with E-state index in [2.05, 4.69) is 24.3 Å². The molecule has 0 spiro atoms. The summed E-state index contributed by atoms with van der Waals surface area (Å²) in [5.74, 6) is -0.330. The number of hydrogen-bond donors (Lipinski definition) is 0. The average Bonchev–Trinajstić information content (AvgIpc) is 2.69. The summed E-state index contributed by atoms with van der Waals surface area (Å²) >= 11 is 0. The van der Waals surface area contributed by atoms with Crippen molar-refractivity contribution in [3.8, 4) is 0 Å². The van der Waals surface area contributed by atoms with Crippen molar-refractivity contribution >= 4 is 23.9 Å². The van der Waals surface area contributed by atoms with Crippen molar-refractivity contribution in [1.29, 1.82) is 0 Å². The zero-order chi connectivity index (χ0) is 22.9. The standard InChI is InChI=1S/C24H28O8/c1-9(25)29-21-15-7-5-13-17(19(15)23(21)31-11(3)27)14-6-8-16-20(18(13)14)24(32-12(4)28)22(16)30-10(2)26/h5-8,13-24H,1-4H3. The van der Waals surface area contributed by atoms with Crippen LogP contribution in [0.5, 0.6) is 0 Å². The van der Waals surface area contributed by atoms with E-state index < -0.39 is 24.4 Å². The normalized spacial score (nSPS) is 46.4. The number of allylic oxidation sites excluding steroid dienone is 2. The van der Waals surface area contributed by atoms with Crippen molar-refractivity contribution in [3.05, 3.63) is 24.3 Å². The van der Waals surface area contributed by atoms with Crippen LogP contribution in [0.2, 0.25) is 0 Å². The zero-order valence-electron chi connectivity index (χ0n) is 18.5. The lowest BCUT2D eigenvalue weighted by Crippen LogP contribution is -2.73. The first-order valence-electron chi connectivity index (χ1n) is 11.2. The SMILES string of the molecule is CC(=O)OC1C2C=CC3C(C4C=CC5C(OC(C)=O)C(OC(C)=O)C5C34)C2C1OC(C)=O. The van der Waals surface area contributed by atoms with Gasteiger partial charge in [0.25, 0.3) is 0 Å². The van der Waals surface area contributed by atoms with E-state index in [1.165, 1.54) is 27.7 Å². The lowest BCUT2D eigenvalue weighted by molar-refractivity contribution is -0.261. The van der Waals surface area contributed by atoms with E-state index in [9.17, 15) is 19.2 Å². The van der Waals surface area contributed by atoms with Gasteiger partial charge in [0.05, 0.1) is 0 Å².